The Bertz CT molecular complexity index is 6850. The van der Waals surface area contributed by atoms with E-state index >= 15 is 0 Å². The Hall–Kier alpha value is -13.2. The van der Waals surface area contributed by atoms with Gasteiger partial charge in [-0.25, -0.2) is 0 Å². The average molecular weight is 1590 g/mol. The molecule has 22 rings (SSSR count). The van der Waals surface area contributed by atoms with Crippen LogP contribution in [0.15, 0.2) is 340 Å². The number of benzene rings is 16. The second-order valence-electron chi connectivity index (χ2n) is 40.3. The molecule has 596 valence electrons. The second-order valence-corrected chi connectivity index (χ2v) is 40.3. The van der Waals surface area contributed by atoms with Crippen molar-refractivity contribution in [2.45, 2.75) is 136 Å². The van der Waals surface area contributed by atoms with E-state index in [2.05, 4.69) is 458 Å². The zero-order valence-corrected chi connectivity index (χ0v) is 73.2. The molecule has 0 bridgehead atoms. The van der Waals surface area contributed by atoms with Crippen LogP contribution in [0.4, 0.5) is 51.2 Å². The van der Waals surface area contributed by atoms with Gasteiger partial charge >= 0.3 is 0 Å². The van der Waals surface area contributed by atoms with E-state index in [1.165, 1.54) is 111 Å². The maximum absolute atomic E-state index is 8.40. The largest absolute Gasteiger partial charge is 0.458 e. The van der Waals surface area contributed by atoms with E-state index < -0.39 is 5.41 Å². The molecule has 0 radical (unpaired) electrons. The predicted molar refractivity (Wildman–Crippen MR) is 523 cm³/mol. The van der Waals surface area contributed by atoms with Crippen molar-refractivity contribution in [2.24, 2.45) is 0 Å². The summed E-state index contributed by atoms with van der Waals surface area (Å²) >= 11 is 0. The van der Waals surface area contributed by atoms with Crippen molar-refractivity contribution in [3.63, 3.8) is 0 Å². The van der Waals surface area contributed by atoms with Crippen molar-refractivity contribution in [1.29, 1.82) is 0 Å². The highest BCUT2D eigenvalue weighted by molar-refractivity contribution is 7.02. The Kier molecular flexibility index (Phi) is 17.0. The summed E-state index contributed by atoms with van der Waals surface area (Å²) in [7, 11) is 0. The first kappa shape index (κ1) is 76.0. The van der Waals surface area contributed by atoms with Gasteiger partial charge in [-0.3, -0.25) is 0 Å². The van der Waals surface area contributed by atoms with Crippen LogP contribution in [0.25, 0.3) is 77.9 Å². The van der Waals surface area contributed by atoms with E-state index in [4.69, 9.17) is 4.74 Å². The molecule has 0 aromatic heterocycles. The van der Waals surface area contributed by atoms with Crippen LogP contribution < -0.4 is 52.2 Å². The number of hydrogen-bond acceptors (Lipinski definition) is 4. The van der Waals surface area contributed by atoms with Gasteiger partial charge in [0, 0.05) is 68.1 Å². The fraction of sp³-hybridized carbons (Fsp3) is 0.179. The molecule has 1 spiro atoms. The molecular formula is C117H101B2N3O. The van der Waals surface area contributed by atoms with Crippen molar-refractivity contribution in [2.75, 3.05) is 14.7 Å². The van der Waals surface area contributed by atoms with Crippen LogP contribution in [-0.4, -0.2) is 13.4 Å². The van der Waals surface area contributed by atoms with Gasteiger partial charge in [0.15, 0.2) is 0 Å². The number of hydrogen-bond donors (Lipinski definition) is 0. The lowest BCUT2D eigenvalue weighted by molar-refractivity contribution is 0.488. The Balaban J connectivity index is 0.876. The van der Waals surface area contributed by atoms with Crippen molar-refractivity contribution < 1.29 is 4.74 Å². The van der Waals surface area contributed by atoms with Gasteiger partial charge < -0.3 is 19.4 Å². The zero-order valence-electron chi connectivity index (χ0n) is 73.2. The van der Waals surface area contributed by atoms with Gasteiger partial charge in [0.25, 0.3) is 13.4 Å². The summed E-state index contributed by atoms with van der Waals surface area (Å²) < 4.78 is 8.40. The van der Waals surface area contributed by atoms with Gasteiger partial charge in [0.2, 0.25) is 0 Å². The summed E-state index contributed by atoms with van der Waals surface area (Å²) in [6.07, 6.45) is 0. The van der Waals surface area contributed by atoms with Gasteiger partial charge in [0.05, 0.1) is 16.8 Å². The molecule has 0 saturated carbocycles. The maximum atomic E-state index is 8.40. The minimum Gasteiger partial charge on any atom is -0.458 e. The van der Waals surface area contributed by atoms with E-state index in [9.17, 15) is 0 Å². The van der Waals surface area contributed by atoms with E-state index in [0.717, 1.165) is 113 Å². The normalized spacial score (nSPS) is 14.2. The molecule has 0 N–H and O–H groups in total. The van der Waals surface area contributed by atoms with Crippen LogP contribution in [0.2, 0.25) is 0 Å². The van der Waals surface area contributed by atoms with Gasteiger partial charge in [-0.05, 0) is 238 Å². The molecule has 123 heavy (non-hydrogen) atoms. The Morgan fingerprint density at radius 2 is 0.577 bits per heavy atom. The molecule has 4 heterocycles. The minimum absolute atomic E-state index is 0.170. The molecule has 6 aliphatic rings. The highest BCUT2D eigenvalue weighted by Crippen LogP contribution is 2.66. The molecule has 0 saturated heterocycles. The fourth-order valence-corrected chi connectivity index (χ4v) is 21.5. The third-order valence-corrected chi connectivity index (χ3v) is 27.6. The van der Waals surface area contributed by atoms with Gasteiger partial charge in [-0.15, -0.1) is 0 Å². The Labute approximate surface area is 727 Å². The summed E-state index contributed by atoms with van der Waals surface area (Å²) in [5.41, 5.74) is 43.9. The summed E-state index contributed by atoms with van der Waals surface area (Å²) in [5, 5.41) is 0. The van der Waals surface area contributed by atoms with Crippen LogP contribution in [0, 0.1) is 0 Å². The van der Waals surface area contributed by atoms with E-state index in [1.807, 2.05) is 0 Å². The first-order valence-electron chi connectivity index (χ1n) is 44.2. The van der Waals surface area contributed by atoms with Gasteiger partial charge in [0.1, 0.15) is 11.5 Å². The Morgan fingerprint density at radius 1 is 0.228 bits per heavy atom. The molecule has 2 aliphatic carbocycles. The number of para-hydroxylation sites is 2. The van der Waals surface area contributed by atoms with Crippen LogP contribution >= 0.6 is 0 Å². The molecule has 16 aromatic rings. The topological polar surface area (TPSA) is 19.0 Å². The zero-order chi connectivity index (χ0) is 84.3. The van der Waals surface area contributed by atoms with Crippen LogP contribution in [-0.2, 0) is 32.5 Å². The van der Waals surface area contributed by atoms with Crippen molar-refractivity contribution in [3.05, 3.63) is 390 Å². The fourth-order valence-electron chi connectivity index (χ4n) is 21.5. The monoisotopic (exact) mass is 1590 g/mol. The summed E-state index contributed by atoms with van der Waals surface area (Å²) in [6.45, 7) is 35.0. The molecule has 0 fully saturated rings. The highest BCUT2D eigenvalue weighted by atomic mass is 16.5. The third kappa shape index (κ3) is 11.7. The van der Waals surface area contributed by atoms with Gasteiger partial charge in [-0.2, -0.15) is 0 Å². The number of rotatable bonds is 8. The minimum atomic E-state index is -0.623. The summed E-state index contributed by atoms with van der Waals surface area (Å²) in [5.74, 6) is 1.68. The molecule has 4 nitrogen and oxygen atoms in total. The van der Waals surface area contributed by atoms with Crippen molar-refractivity contribution >= 4 is 97.4 Å². The van der Waals surface area contributed by atoms with E-state index in [0.29, 0.717) is 0 Å². The number of nitrogens with zero attached hydrogens (tertiary/aromatic N) is 3. The maximum Gasteiger partial charge on any atom is 0.256 e. The first-order chi connectivity index (χ1) is 59.2. The number of ether oxygens (including phenoxy) is 1. The molecule has 16 aromatic carbocycles. The third-order valence-electron chi connectivity index (χ3n) is 27.6. The second kappa shape index (κ2) is 27.4. The Morgan fingerprint density at radius 3 is 1.02 bits per heavy atom. The first-order valence-corrected chi connectivity index (χ1v) is 44.2. The van der Waals surface area contributed by atoms with Crippen molar-refractivity contribution in [3.8, 4) is 89.4 Å². The lowest BCUT2D eigenvalue weighted by Crippen LogP contribution is -2.64. The SMILES string of the molecule is CC(C)(C)c1cc(N2c3ccccc3B3c4cc5c(cc4Oc4cc(-c6cccc7c6C6(c8ccccc8-c8ccccc86)c6ccccc6-7)cc2c43)N(c2c(-c3ccccc3)cc(C(C)(C)C)cc2-c2ccccc2)c2cc(C(C)(C)C)cc3c2B5c2ccccc2N3c2c(-c3ccccc3)cc(C(C)(C)C)cc2-c2ccccc2)cc(C(C)(C)C)c1. The molecule has 0 unspecified atom stereocenters. The average Bonchev–Trinajstić information content (AvgIpc) is 1.33. The lowest BCUT2D eigenvalue weighted by atomic mass is 9.30. The van der Waals surface area contributed by atoms with Crippen molar-refractivity contribution in [1.82, 2.24) is 0 Å². The smallest absolute Gasteiger partial charge is 0.256 e. The number of fused-ring (bicyclic) bond motifs is 18. The molecule has 4 aliphatic heterocycles. The van der Waals surface area contributed by atoms with E-state index in [1.54, 1.807) is 0 Å². The number of anilines is 9. The quantitative estimate of drug-likeness (QED) is 0.141. The standard InChI is InChI=1S/C117H101B2N3O/c1-112(2,3)77-61-78(113(4,5)6)63-82(62-77)120-99-57-36-34-55-95(99)119-98-70-97-101(71-105(98)123-106-60-76(59-102(120)109(106)119)83-50-38-51-87-86-49-30-33-54-94(86)117(107(83)87)92-52-31-28-47-84(92)85-48-29-32-53-93(85)117)122(111-90(74-43-24-18-25-44-74)66-80(115(10,11)12)67-91(111)75-45-26-19-27-46-75)104-69-81(116(13,14)15)68-103-108(104)118(97)96-56-35-37-58-100(96)121(103)110-88(72-39-20-16-21-40-72)64-79(114(7,8)9)65-89(110)73-41-22-17-23-42-73/h16-71H,1-15H3. The highest BCUT2D eigenvalue weighted by Gasteiger charge is 2.55. The lowest BCUT2D eigenvalue weighted by Gasteiger charge is -2.47. The van der Waals surface area contributed by atoms with Crippen LogP contribution in [0.5, 0.6) is 11.5 Å². The van der Waals surface area contributed by atoms with E-state index in [-0.39, 0.29) is 40.5 Å². The predicted octanol–water partition coefficient (Wildman–Crippen LogP) is 27.3. The molecular weight excluding hydrogens is 1480 g/mol. The molecule has 6 heteroatoms. The van der Waals surface area contributed by atoms with Crippen LogP contribution in [0.1, 0.15) is 154 Å². The molecule has 0 atom stereocenters. The van der Waals surface area contributed by atoms with Gasteiger partial charge in [-0.1, -0.05) is 365 Å². The van der Waals surface area contributed by atoms with Crippen LogP contribution in [0.3, 0.4) is 0 Å². The summed E-state index contributed by atoms with van der Waals surface area (Å²) in [6, 6.07) is 131. The molecule has 0 amide bonds. The summed E-state index contributed by atoms with van der Waals surface area (Å²) in [4.78, 5) is 8.07.